The van der Waals surface area contributed by atoms with Gasteiger partial charge in [0.15, 0.2) is 0 Å². The van der Waals surface area contributed by atoms with E-state index in [9.17, 15) is 9.90 Å². The Labute approximate surface area is 126 Å². The van der Waals surface area contributed by atoms with Gasteiger partial charge in [0, 0.05) is 25.3 Å². The highest BCUT2D eigenvalue weighted by atomic mass is 16.5. The predicted octanol–water partition coefficient (Wildman–Crippen LogP) is 3.41. The Morgan fingerprint density at radius 1 is 1.52 bits per heavy atom. The summed E-state index contributed by atoms with van der Waals surface area (Å²) in [5, 5.41) is 9.75. The molecule has 4 heteroatoms. The minimum Gasteiger partial charge on any atom is -0.497 e. The second-order valence-electron chi connectivity index (χ2n) is 6.34. The molecule has 1 aliphatic carbocycles. The van der Waals surface area contributed by atoms with Gasteiger partial charge in [-0.15, -0.1) is 0 Å². The van der Waals surface area contributed by atoms with E-state index >= 15 is 0 Å². The Morgan fingerprint density at radius 2 is 2.29 bits per heavy atom. The van der Waals surface area contributed by atoms with E-state index in [1.807, 2.05) is 36.2 Å². The number of hydrogen-bond acceptors (Lipinski definition) is 3. The third-order valence-corrected chi connectivity index (χ3v) is 4.58. The van der Waals surface area contributed by atoms with Gasteiger partial charge in [0.1, 0.15) is 5.75 Å². The van der Waals surface area contributed by atoms with Crippen molar-refractivity contribution in [2.75, 3.05) is 25.6 Å². The molecule has 0 spiro atoms. The van der Waals surface area contributed by atoms with Crippen LogP contribution in [0.3, 0.4) is 0 Å². The molecule has 1 N–H and O–H groups in total. The summed E-state index contributed by atoms with van der Waals surface area (Å²) in [7, 11) is 3.60. The molecule has 0 heterocycles. The summed E-state index contributed by atoms with van der Waals surface area (Å²) in [6, 6.07) is 7.76. The average molecular weight is 291 g/mol. The topological polar surface area (TPSA) is 49.8 Å². The van der Waals surface area contributed by atoms with Crippen LogP contribution in [0, 0.1) is 11.3 Å². The van der Waals surface area contributed by atoms with Crippen molar-refractivity contribution in [3.63, 3.8) is 0 Å². The average Bonchev–Trinajstić information content (AvgIpc) is 2.47. The number of aliphatic carboxylic acids is 1. The molecule has 21 heavy (non-hydrogen) atoms. The summed E-state index contributed by atoms with van der Waals surface area (Å²) in [4.78, 5) is 13.9. The maximum absolute atomic E-state index is 11.9. The Balaban J connectivity index is 2.18. The van der Waals surface area contributed by atoms with Gasteiger partial charge in [-0.3, -0.25) is 4.79 Å². The van der Waals surface area contributed by atoms with Crippen molar-refractivity contribution in [2.45, 2.75) is 32.6 Å². The molecule has 0 aromatic heterocycles. The van der Waals surface area contributed by atoms with Gasteiger partial charge in [0.05, 0.1) is 12.5 Å². The lowest BCUT2D eigenvalue weighted by molar-refractivity contribution is -0.151. The van der Waals surface area contributed by atoms with Gasteiger partial charge in [-0.1, -0.05) is 25.8 Å². The highest BCUT2D eigenvalue weighted by Gasteiger charge is 2.42. The molecule has 0 amide bonds. The van der Waals surface area contributed by atoms with Gasteiger partial charge in [-0.25, -0.2) is 0 Å². The summed E-state index contributed by atoms with van der Waals surface area (Å²) < 4.78 is 5.24. The van der Waals surface area contributed by atoms with Crippen LogP contribution < -0.4 is 9.64 Å². The van der Waals surface area contributed by atoms with Crippen LogP contribution in [-0.4, -0.2) is 31.8 Å². The first kappa shape index (κ1) is 15.7. The Hall–Kier alpha value is -1.71. The molecule has 1 saturated carbocycles. The minimum atomic E-state index is -0.663. The molecule has 2 unspecified atom stereocenters. The number of carbonyl (C=O) groups is 1. The molecule has 0 aliphatic heterocycles. The first-order valence-electron chi connectivity index (χ1n) is 7.55. The minimum absolute atomic E-state index is 0.480. The SMILES string of the molecule is COc1cccc(N(C)CC2(C(=O)O)CCCC(C)C2)c1. The number of anilines is 1. The standard InChI is InChI=1S/C17H25NO3/c1-13-6-5-9-17(11-13,16(19)20)12-18(2)14-7-4-8-15(10-14)21-3/h4,7-8,10,13H,5-6,9,11-12H2,1-3H3,(H,19,20). The third-order valence-electron chi connectivity index (χ3n) is 4.58. The molecular formula is C17H25NO3. The van der Waals surface area contributed by atoms with Crippen LogP contribution in [0.1, 0.15) is 32.6 Å². The van der Waals surface area contributed by atoms with Gasteiger partial charge in [-0.2, -0.15) is 0 Å². The van der Waals surface area contributed by atoms with E-state index in [0.29, 0.717) is 12.5 Å². The Bertz CT molecular complexity index is 503. The molecule has 0 bridgehead atoms. The molecule has 116 valence electrons. The second-order valence-corrected chi connectivity index (χ2v) is 6.34. The predicted molar refractivity (Wildman–Crippen MR) is 84.0 cm³/mol. The van der Waals surface area contributed by atoms with Crippen LogP contribution in [0.2, 0.25) is 0 Å². The monoisotopic (exact) mass is 291 g/mol. The maximum Gasteiger partial charge on any atom is 0.311 e. The van der Waals surface area contributed by atoms with Gasteiger partial charge in [-0.05, 0) is 30.9 Å². The van der Waals surface area contributed by atoms with Gasteiger partial charge in [0.2, 0.25) is 0 Å². The number of benzene rings is 1. The molecule has 1 fully saturated rings. The van der Waals surface area contributed by atoms with Gasteiger partial charge in [0.25, 0.3) is 0 Å². The molecule has 0 saturated heterocycles. The third kappa shape index (κ3) is 3.49. The second kappa shape index (κ2) is 6.37. The highest BCUT2D eigenvalue weighted by Crippen LogP contribution is 2.41. The number of carboxylic acids is 1. The van der Waals surface area contributed by atoms with Crippen molar-refractivity contribution in [3.05, 3.63) is 24.3 Å². The first-order chi connectivity index (χ1) is 9.97. The molecule has 1 aromatic rings. The van der Waals surface area contributed by atoms with Crippen molar-refractivity contribution in [2.24, 2.45) is 11.3 Å². The summed E-state index contributed by atoms with van der Waals surface area (Å²) >= 11 is 0. The van der Waals surface area contributed by atoms with Crippen molar-refractivity contribution < 1.29 is 14.6 Å². The van der Waals surface area contributed by atoms with E-state index in [4.69, 9.17) is 4.74 Å². The fourth-order valence-electron chi connectivity index (χ4n) is 3.46. The molecule has 4 nitrogen and oxygen atoms in total. The summed E-state index contributed by atoms with van der Waals surface area (Å²) in [5.41, 5.74) is 0.364. The quantitative estimate of drug-likeness (QED) is 0.903. The molecule has 2 atom stereocenters. The van der Waals surface area contributed by atoms with Crippen LogP contribution >= 0.6 is 0 Å². The van der Waals surface area contributed by atoms with Crippen molar-refractivity contribution in [1.82, 2.24) is 0 Å². The lowest BCUT2D eigenvalue weighted by atomic mass is 9.69. The van der Waals surface area contributed by atoms with E-state index in [-0.39, 0.29) is 0 Å². The van der Waals surface area contributed by atoms with Crippen molar-refractivity contribution >= 4 is 11.7 Å². The van der Waals surface area contributed by atoms with Crippen molar-refractivity contribution in [1.29, 1.82) is 0 Å². The number of rotatable bonds is 5. The van der Waals surface area contributed by atoms with E-state index < -0.39 is 11.4 Å². The van der Waals surface area contributed by atoms with Crippen LogP contribution in [0.25, 0.3) is 0 Å². The lowest BCUT2D eigenvalue weighted by Crippen LogP contribution is -2.45. The fraction of sp³-hybridized carbons (Fsp3) is 0.588. The van der Waals surface area contributed by atoms with Crippen LogP contribution in [-0.2, 0) is 4.79 Å². The summed E-state index contributed by atoms with van der Waals surface area (Å²) in [5.74, 6) is 0.609. The van der Waals surface area contributed by atoms with Gasteiger partial charge >= 0.3 is 5.97 Å². The summed E-state index contributed by atoms with van der Waals surface area (Å²) in [6.07, 6.45) is 3.66. The number of carboxylic acid groups (broad SMARTS) is 1. The maximum atomic E-state index is 11.9. The normalized spacial score (nSPS) is 25.4. The van der Waals surface area contributed by atoms with E-state index in [1.165, 1.54) is 0 Å². The molecule has 1 aliphatic rings. The van der Waals surface area contributed by atoms with Crippen LogP contribution in [0.5, 0.6) is 5.75 Å². The largest absolute Gasteiger partial charge is 0.497 e. The molecular weight excluding hydrogens is 266 g/mol. The molecule has 2 rings (SSSR count). The van der Waals surface area contributed by atoms with E-state index in [1.54, 1.807) is 7.11 Å². The fourth-order valence-corrected chi connectivity index (χ4v) is 3.46. The van der Waals surface area contributed by atoms with Crippen LogP contribution in [0.15, 0.2) is 24.3 Å². The zero-order valence-electron chi connectivity index (χ0n) is 13.1. The number of nitrogens with zero attached hydrogens (tertiary/aromatic N) is 1. The first-order valence-corrected chi connectivity index (χ1v) is 7.55. The Kier molecular flexibility index (Phi) is 4.76. The number of hydrogen-bond donors (Lipinski definition) is 1. The Morgan fingerprint density at radius 3 is 2.90 bits per heavy atom. The van der Waals surface area contributed by atoms with E-state index in [2.05, 4.69) is 6.92 Å². The zero-order valence-corrected chi connectivity index (χ0v) is 13.1. The number of ether oxygens (including phenoxy) is 1. The number of methoxy groups -OCH3 is 1. The molecule has 1 aromatic carbocycles. The van der Waals surface area contributed by atoms with E-state index in [0.717, 1.165) is 37.1 Å². The van der Waals surface area contributed by atoms with Gasteiger partial charge < -0.3 is 14.7 Å². The zero-order chi connectivity index (χ0) is 15.5. The summed E-state index contributed by atoms with van der Waals surface area (Å²) in [6.45, 7) is 2.70. The van der Waals surface area contributed by atoms with Crippen molar-refractivity contribution in [3.8, 4) is 5.75 Å². The van der Waals surface area contributed by atoms with Crippen LogP contribution in [0.4, 0.5) is 5.69 Å². The lowest BCUT2D eigenvalue weighted by Gasteiger charge is -2.39. The smallest absolute Gasteiger partial charge is 0.311 e. The highest BCUT2D eigenvalue weighted by molar-refractivity contribution is 5.76. The molecule has 0 radical (unpaired) electrons.